The van der Waals surface area contributed by atoms with Crippen LogP contribution in [0.1, 0.15) is 37.2 Å². The molecular formula is C17H21F3N2O4. The summed E-state index contributed by atoms with van der Waals surface area (Å²) in [4.78, 5) is 17.3. The van der Waals surface area contributed by atoms with Crippen LogP contribution in [0.5, 0.6) is 5.88 Å². The number of rotatable bonds is 5. The number of ether oxygens (including phenoxy) is 2. The lowest BCUT2D eigenvalue weighted by Gasteiger charge is -2.32. The zero-order valence-electron chi connectivity index (χ0n) is 14.1. The first kappa shape index (κ1) is 18.8. The minimum absolute atomic E-state index is 0.158. The molecule has 1 unspecified atom stereocenters. The lowest BCUT2D eigenvalue weighted by atomic mass is 10.1. The van der Waals surface area contributed by atoms with Crippen molar-refractivity contribution >= 4 is 6.09 Å². The Morgan fingerprint density at radius 1 is 1.27 bits per heavy atom. The predicted molar refractivity (Wildman–Crippen MR) is 84.8 cm³/mol. The average molecular weight is 374 g/mol. The zero-order chi connectivity index (χ0) is 18.7. The van der Waals surface area contributed by atoms with Gasteiger partial charge in [0.05, 0.1) is 6.61 Å². The van der Waals surface area contributed by atoms with Crippen molar-refractivity contribution < 1.29 is 32.5 Å². The van der Waals surface area contributed by atoms with Crippen LogP contribution >= 0.6 is 0 Å². The lowest BCUT2D eigenvalue weighted by Crippen LogP contribution is -2.46. The Hall–Kier alpha value is -2.03. The molecule has 2 aliphatic rings. The summed E-state index contributed by atoms with van der Waals surface area (Å²) in [7, 11) is 0. The highest BCUT2D eigenvalue weighted by atomic mass is 19.4. The van der Waals surface area contributed by atoms with Gasteiger partial charge < -0.3 is 19.5 Å². The number of nitrogens with zero attached hydrogens (tertiary/aromatic N) is 2. The number of piperidine rings is 1. The van der Waals surface area contributed by atoms with Gasteiger partial charge in [-0.2, -0.15) is 13.2 Å². The van der Waals surface area contributed by atoms with Crippen molar-refractivity contribution in [1.29, 1.82) is 0 Å². The third-order valence-electron chi connectivity index (χ3n) is 4.57. The maximum atomic E-state index is 12.6. The standard InChI is InChI=1S/C17H21F3N2O4/c18-17(19,20)14(10-23)26-16(24)22-7-5-13(6-8-22)25-15-4-3-12(9-21-15)11-1-2-11/h3-4,9,11,13-14,23H,1-2,5-8,10H2. The van der Waals surface area contributed by atoms with E-state index in [1.807, 2.05) is 18.3 Å². The molecular weight excluding hydrogens is 353 g/mol. The number of hydrogen-bond acceptors (Lipinski definition) is 5. The molecule has 1 aromatic heterocycles. The van der Waals surface area contributed by atoms with Crippen molar-refractivity contribution in [2.24, 2.45) is 0 Å². The third-order valence-corrected chi connectivity index (χ3v) is 4.57. The quantitative estimate of drug-likeness (QED) is 0.858. The van der Waals surface area contributed by atoms with Gasteiger partial charge in [-0.05, 0) is 24.3 Å². The van der Waals surface area contributed by atoms with Gasteiger partial charge in [-0.15, -0.1) is 0 Å². The molecule has 144 valence electrons. The first-order valence-electron chi connectivity index (χ1n) is 8.62. The van der Waals surface area contributed by atoms with Gasteiger partial charge in [0.2, 0.25) is 12.0 Å². The molecule has 2 heterocycles. The number of aromatic nitrogens is 1. The van der Waals surface area contributed by atoms with Crippen molar-refractivity contribution in [2.75, 3.05) is 19.7 Å². The van der Waals surface area contributed by atoms with Crippen LogP contribution in [0.15, 0.2) is 18.3 Å². The minimum atomic E-state index is -4.79. The van der Waals surface area contributed by atoms with Gasteiger partial charge in [0.1, 0.15) is 6.10 Å². The van der Waals surface area contributed by atoms with Crippen molar-refractivity contribution in [3.05, 3.63) is 23.9 Å². The molecule has 0 spiro atoms. The number of pyridine rings is 1. The second-order valence-corrected chi connectivity index (χ2v) is 6.60. The Morgan fingerprint density at radius 2 is 1.96 bits per heavy atom. The van der Waals surface area contributed by atoms with Crippen molar-refractivity contribution in [1.82, 2.24) is 9.88 Å². The highest BCUT2D eigenvalue weighted by Crippen LogP contribution is 2.39. The number of hydrogen-bond donors (Lipinski definition) is 1. The highest BCUT2D eigenvalue weighted by Gasteiger charge is 2.43. The molecule has 26 heavy (non-hydrogen) atoms. The maximum absolute atomic E-state index is 12.6. The van der Waals surface area contributed by atoms with Crippen LogP contribution in [0.2, 0.25) is 0 Å². The van der Waals surface area contributed by atoms with E-state index in [-0.39, 0.29) is 19.2 Å². The van der Waals surface area contributed by atoms with E-state index in [4.69, 9.17) is 9.84 Å². The molecule has 1 aliphatic heterocycles. The molecule has 0 bridgehead atoms. The number of carbonyl (C=O) groups excluding carboxylic acids is 1. The number of aliphatic hydroxyl groups excluding tert-OH is 1. The highest BCUT2D eigenvalue weighted by molar-refractivity contribution is 5.68. The molecule has 2 fully saturated rings. The van der Waals surface area contributed by atoms with Crippen LogP contribution in [-0.2, 0) is 4.74 Å². The summed E-state index contributed by atoms with van der Waals surface area (Å²) in [5, 5.41) is 8.73. The summed E-state index contributed by atoms with van der Waals surface area (Å²) >= 11 is 0. The Bertz CT molecular complexity index is 611. The molecule has 1 atom stereocenters. The van der Waals surface area contributed by atoms with Crippen LogP contribution in [0.4, 0.5) is 18.0 Å². The molecule has 0 radical (unpaired) electrons. The van der Waals surface area contributed by atoms with Gasteiger partial charge in [0.15, 0.2) is 0 Å². The first-order valence-corrected chi connectivity index (χ1v) is 8.62. The molecule has 1 saturated carbocycles. The van der Waals surface area contributed by atoms with Gasteiger partial charge in [0, 0.05) is 38.2 Å². The van der Waals surface area contributed by atoms with Crippen molar-refractivity contribution in [3.63, 3.8) is 0 Å². The van der Waals surface area contributed by atoms with Gasteiger partial charge in [-0.1, -0.05) is 6.07 Å². The SMILES string of the molecule is O=C(OC(CO)C(F)(F)F)N1CCC(Oc2ccc(C3CC3)cn2)CC1. The fraction of sp³-hybridized carbons (Fsp3) is 0.647. The Morgan fingerprint density at radius 3 is 2.46 bits per heavy atom. The summed E-state index contributed by atoms with van der Waals surface area (Å²) in [6, 6.07) is 3.82. The Kier molecular flexibility index (Phi) is 5.55. The van der Waals surface area contributed by atoms with E-state index in [9.17, 15) is 18.0 Å². The number of alkyl halides is 3. The van der Waals surface area contributed by atoms with Crippen molar-refractivity contribution in [2.45, 2.75) is 50.0 Å². The van der Waals surface area contributed by atoms with Gasteiger partial charge in [-0.3, -0.25) is 0 Å². The second-order valence-electron chi connectivity index (χ2n) is 6.60. The number of carbonyl (C=O) groups is 1. The molecule has 1 N–H and O–H groups in total. The Balaban J connectivity index is 1.45. The van der Waals surface area contributed by atoms with Gasteiger partial charge in [0.25, 0.3) is 0 Å². The number of likely N-dealkylation sites (tertiary alicyclic amines) is 1. The smallest absolute Gasteiger partial charge is 0.427 e. The van der Waals surface area contributed by atoms with E-state index in [2.05, 4.69) is 9.72 Å². The minimum Gasteiger partial charge on any atom is -0.474 e. The zero-order valence-corrected chi connectivity index (χ0v) is 14.1. The molecule has 3 rings (SSSR count). The largest absolute Gasteiger partial charge is 0.474 e. The number of amides is 1. The van der Waals surface area contributed by atoms with Crippen LogP contribution < -0.4 is 4.74 Å². The summed E-state index contributed by atoms with van der Waals surface area (Å²) in [5.74, 6) is 1.12. The molecule has 1 amide bonds. The Labute approximate surface area is 148 Å². The fourth-order valence-corrected chi connectivity index (χ4v) is 2.85. The molecule has 1 aromatic rings. The monoisotopic (exact) mass is 374 g/mol. The van der Waals surface area contributed by atoms with E-state index in [0.29, 0.717) is 24.6 Å². The second kappa shape index (κ2) is 7.69. The molecule has 0 aromatic carbocycles. The summed E-state index contributed by atoms with van der Waals surface area (Å²) in [6.45, 7) is -0.851. The fourth-order valence-electron chi connectivity index (χ4n) is 2.85. The lowest BCUT2D eigenvalue weighted by molar-refractivity contribution is -0.214. The van der Waals surface area contributed by atoms with Gasteiger partial charge >= 0.3 is 12.3 Å². The molecule has 1 aliphatic carbocycles. The summed E-state index contributed by atoms with van der Waals surface area (Å²) < 4.78 is 47.8. The number of aliphatic hydroxyl groups is 1. The third kappa shape index (κ3) is 4.78. The van der Waals surface area contributed by atoms with Gasteiger partial charge in [-0.25, -0.2) is 9.78 Å². The molecule has 6 nitrogen and oxygen atoms in total. The van der Waals surface area contributed by atoms with Crippen LogP contribution in [0, 0.1) is 0 Å². The first-order chi connectivity index (χ1) is 12.4. The molecule has 9 heteroatoms. The van der Waals surface area contributed by atoms with E-state index in [0.717, 1.165) is 0 Å². The van der Waals surface area contributed by atoms with Crippen molar-refractivity contribution in [3.8, 4) is 5.88 Å². The predicted octanol–water partition coefficient (Wildman–Crippen LogP) is 2.86. The van der Waals surface area contributed by atoms with Crippen LogP contribution in [-0.4, -0.2) is 59.2 Å². The average Bonchev–Trinajstić information content (AvgIpc) is 3.45. The van der Waals surface area contributed by atoms with Crippen LogP contribution in [0.3, 0.4) is 0 Å². The van der Waals surface area contributed by atoms with E-state index in [1.165, 1.54) is 23.3 Å². The summed E-state index contributed by atoms with van der Waals surface area (Å²) in [6.07, 6.45) is -3.38. The van der Waals surface area contributed by atoms with Crippen LogP contribution in [0.25, 0.3) is 0 Å². The van der Waals surface area contributed by atoms with E-state index < -0.39 is 25.0 Å². The normalized spacial score (nSPS) is 19.9. The topological polar surface area (TPSA) is 71.9 Å². The van der Waals surface area contributed by atoms with E-state index in [1.54, 1.807) is 0 Å². The maximum Gasteiger partial charge on any atom is 0.427 e. The molecule has 1 saturated heterocycles. The van der Waals surface area contributed by atoms with E-state index >= 15 is 0 Å². The number of halogens is 3. The summed E-state index contributed by atoms with van der Waals surface area (Å²) in [5.41, 5.74) is 1.21.